The molecule has 0 bridgehead atoms. The molecule has 1 aromatic carbocycles. The van der Waals surface area contributed by atoms with Crippen molar-refractivity contribution in [2.75, 3.05) is 5.32 Å². The Morgan fingerprint density at radius 2 is 1.83 bits per heavy atom. The van der Waals surface area contributed by atoms with Gasteiger partial charge in [-0.05, 0) is 32.0 Å². The molecule has 0 spiro atoms. The van der Waals surface area contributed by atoms with Crippen LogP contribution in [0.25, 0.3) is 0 Å². The molecule has 18 heavy (non-hydrogen) atoms. The van der Waals surface area contributed by atoms with Crippen LogP contribution >= 0.6 is 0 Å². The second kappa shape index (κ2) is 4.87. The average molecular weight is 243 g/mol. The molecule has 0 saturated carbocycles. The number of nitrogens with one attached hydrogen (secondary N) is 1. The minimum atomic E-state index is -0.282. The lowest BCUT2D eigenvalue weighted by Crippen LogP contribution is -2.14. The first-order valence-corrected chi connectivity index (χ1v) is 5.55. The van der Waals surface area contributed by atoms with Crippen LogP contribution in [0.3, 0.4) is 0 Å². The molecule has 4 heteroatoms. The van der Waals surface area contributed by atoms with Crippen molar-refractivity contribution in [1.82, 2.24) is 0 Å². The summed E-state index contributed by atoms with van der Waals surface area (Å²) < 4.78 is 5.07. The van der Waals surface area contributed by atoms with Crippen LogP contribution in [0.15, 0.2) is 41.0 Å². The standard InChI is InChI=1S/C14H13NO3/c1-9(16)11-5-3-4-6-13(11)15-14(17)12-7-8-18-10(12)2/h3-8H,1-2H3,(H,15,17). The van der Waals surface area contributed by atoms with Gasteiger partial charge in [0.2, 0.25) is 0 Å². The van der Waals surface area contributed by atoms with E-state index in [1.54, 1.807) is 37.3 Å². The summed E-state index contributed by atoms with van der Waals surface area (Å²) in [6, 6.07) is 8.50. The maximum Gasteiger partial charge on any atom is 0.259 e. The zero-order valence-electron chi connectivity index (χ0n) is 10.2. The van der Waals surface area contributed by atoms with Crippen LogP contribution in [0.2, 0.25) is 0 Å². The fraction of sp³-hybridized carbons (Fsp3) is 0.143. The second-order valence-electron chi connectivity index (χ2n) is 3.95. The van der Waals surface area contributed by atoms with Gasteiger partial charge in [-0.1, -0.05) is 12.1 Å². The maximum atomic E-state index is 12.0. The largest absolute Gasteiger partial charge is 0.469 e. The van der Waals surface area contributed by atoms with Gasteiger partial charge in [0.1, 0.15) is 5.76 Å². The fourth-order valence-corrected chi connectivity index (χ4v) is 1.71. The predicted octanol–water partition coefficient (Wildman–Crippen LogP) is 3.04. The van der Waals surface area contributed by atoms with E-state index in [2.05, 4.69) is 5.32 Å². The third-order valence-corrected chi connectivity index (χ3v) is 2.66. The topological polar surface area (TPSA) is 59.3 Å². The Balaban J connectivity index is 2.28. The van der Waals surface area contributed by atoms with Gasteiger partial charge in [0, 0.05) is 5.56 Å². The van der Waals surface area contributed by atoms with E-state index in [-0.39, 0.29) is 11.7 Å². The molecule has 1 heterocycles. The van der Waals surface area contributed by atoms with E-state index < -0.39 is 0 Å². The molecule has 2 aromatic rings. The number of rotatable bonds is 3. The summed E-state index contributed by atoms with van der Waals surface area (Å²) >= 11 is 0. The highest BCUT2D eigenvalue weighted by Gasteiger charge is 2.14. The van der Waals surface area contributed by atoms with Gasteiger partial charge in [0.05, 0.1) is 17.5 Å². The first kappa shape index (κ1) is 12.1. The van der Waals surface area contributed by atoms with Gasteiger partial charge in [0.25, 0.3) is 5.91 Å². The van der Waals surface area contributed by atoms with Gasteiger partial charge in [-0.2, -0.15) is 0 Å². The Kier molecular flexibility index (Phi) is 3.28. The lowest BCUT2D eigenvalue weighted by molar-refractivity contribution is 0.101. The van der Waals surface area contributed by atoms with Crippen LogP contribution in [-0.2, 0) is 0 Å². The van der Waals surface area contributed by atoms with Crippen LogP contribution in [0.4, 0.5) is 5.69 Å². The zero-order chi connectivity index (χ0) is 13.1. The molecule has 0 saturated heterocycles. The van der Waals surface area contributed by atoms with Crippen molar-refractivity contribution in [2.24, 2.45) is 0 Å². The lowest BCUT2D eigenvalue weighted by Gasteiger charge is -2.08. The number of amides is 1. The molecule has 1 amide bonds. The van der Waals surface area contributed by atoms with Crippen molar-refractivity contribution < 1.29 is 14.0 Å². The van der Waals surface area contributed by atoms with E-state index in [4.69, 9.17) is 4.42 Å². The SMILES string of the molecule is CC(=O)c1ccccc1NC(=O)c1ccoc1C. The van der Waals surface area contributed by atoms with Crippen molar-refractivity contribution >= 4 is 17.4 Å². The van der Waals surface area contributed by atoms with Crippen molar-refractivity contribution in [3.8, 4) is 0 Å². The highest BCUT2D eigenvalue weighted by molar-refractivity contribution is 6.09. The first-order chi connectivity index (χ1) is 8.59. The Morgan fingerprint density at radius 3 is 2.44 bits per heavy atom. The number of anilines is 1. The number of aryl methyl sites for hydroxylation is 1. The van der Waals surface area contributed by atoms with Crippen LogP contribution in [-0.4, -0.2) is 11.7 Å². The Hall–Kier alpha value is -2.36. The third kappa shape index (κ3) is 2.32. The molecular weight excluding hydrogens is 230 g/mol. The molecular formula is C14H13NO3. The van der Waals surface area contributed by atoms with E-state index in [1.165, 1.54) is 13.2 Å². The van der Waals surface area contributed by atoms with E-state index in [0.717, 1.165) is 0 Å². The van der Waals surface area contributed by atoms with Gasteiger partial charge >= 0.3 is 0 Å². The monoisotopic (exact) mass is 243 g/mol. The number of hydrogen-bond donors (Lipinski definition) is 1. The molecule has 0 aliphatic rings. The quantitative estimate of drug-likeness (QED) is 0.843. The summed E-state index contributed by atoms with van der Waals surface area (Å²) in [6.45, 7) is 3.18. The Morgan fingerprint density at radius 1 is 1.11 bits per heavy atom. The van der Waals surface area contributed by atoms with Gasteiger partial charge in [0.15, 0.2) is 5.78 Å². The maximum absolute atomic E-state index is 12.0. The van der Waals surface area contributed by atoms with Crippen molar-refractivity contribution in [3.05, 3.63) is 53.5 Å². The average Bonchev–Trinajstić information content (AvgIpc) is 2.76. The number of furan rings is 1. The smallest absolute Gasteiger partial charge is 0.259 e. The molecule has 0 unspecified atom stereocenters. The summed E-state index contributed by atoms with van der Waals surface area (Å²) in [6.07, 6.45) is 1.46. The van der Waals surface area contributed by atoms with E-state index in [9.17, 15) is 9.59 Å². The Labute approximate surface area is 105 Å². The van der Waals surface area contributed by atoms with Gasteiger partial charge in [-0.25, -0.2) is 0 Å². The number of benzene rings is 1. The molecule has 1 aromatic heterocycles. The number of Topliss-reactive ketones (excluding diaryl/α,β-unsaturated/α-hetero) is 1. The molecule has 2 rings (SSSR count). The normalized spacial score (nSPS) is 10.1. The third-order valence-electron chi connectivity index (χ3n) is 2.66. The number of carbonyl (C=O) groups is 2. The van der Waals surface area contributed by atoms with Crippen LogP contribution < -0.4 is 5.32 Å². The number of carbonyl (C=O) groups excluding carboxylic acids is 2. The summed E-state index contributed by atoms with van der Waals surface area (Å²) in [5.74, 6) is 0.178. The molecule has 0 atom stereocenters. The molecule has 0 radical (unpaired) electrons. The lowest BCUT2D eigenvalue weighted by atomic mass is 10.1. The van der Waals surface area contributed by atoms with Crippen molar-refractivity contribution in [2.45, 2.75) is 13.8 Å². The molecule has 4 nitrogen and oxygen atoms in total. The summed E-state index contributed by atoms with van der Waals surface area (Å²) in [4.78, 5) is 23.4. The first-order valence-electron chi connectivity index (χ1n) is 5.55. The minimum Gasteiger partial charge on any atom is -0.469 e. The highest BCUT2D eigenvalue weighted by Crippen LogP contribution is 2.18. The minimum absolute atomic E-state index is 0.0881. The molecule has 1 N–H and O–H groups in total. The molecule has 0 fully saturated rings. The number of para-hydroxylation sites is 1. The molecule has 0 aliphatic heterocycles. The number of hydrogen-bond acceptors (Lipinski definition) is 3. The summed E-state index contributed by atoms with van der Waals surface area (Å²) in [5, 5.41) is 2.72. The van der Waals surface area contributed by atoms with Crippen LogP contribution in [0.5, 0.6) is 0 Å². The van der Waals surface area contributed by atoms with E-state index in [0.29, 0.717) is 22.6 Å². The van der Waals surface area contributed by atoms with Crippen molar-refractivity contribution in [1.29, 1.82) is 0 Å². The van der Waals surface area contributed by atoms with Crippen molar-refractivity contribution in [3.63, 3.8) is 0 Å². The predicted molar refractivity (Wildman–Crippen MR) is 67.8 cm³/mol. The number of ketones is 1. The highest BCUT2D eigenvalue weighted by atomic mass is 16.3. The van der Waals surface area contributed by atoms with Crippen LogP contribution in [0.1, 0.15) is 33.4 Å². The van der Waals surface area contributed by atoms with E-state index >= 15 is 0 Å². The fourth-order valence-electron chi connectivity index (χ4n) is 1.71. The van der Waals surface area contributed by atoms with Gasteiger partial charge in [-0.3, -0.25) is 9.59 Å². The van der Waals surface area contributed by atoms with Gasteiger partial charge in [-0.15, -0.1) is 0 Å². The molecule has 0 aliphatic carbocycles. The second-order valence-corrected chi connectivity index (χ2v) is 3.95. The Bertz CT molecular complexity index is 599. The molecule has 92 valence electrons. The summed E-state index contributed by atoms with van der Waals surface area (Å²) in [5.41, 5.74) is 1.47. The van der Waals surface area contributed by atoms with Crippen LogP contribution in [0, 0.1) is 6.92 Å². The van der Waals surface area contributed by atoms with E-state index in [1.807, 2.05) is 0 Å². The van der Waals surface area contributed by atoms with Gasteiger partial charge < -0.3 is 9.73 Å². The summed E-state index contributed by atoms with van der Waals surface area (Å²) in [7, 11) is 0. The zero-order valence-corrected chi connectivity index (χ0v) is 10.2.